The van der Waals surface area contributed by atoms with Gasteiger partial charge in [0, 0.05) is 17.8 Å². The summed E-state index contributed by atoms with van der Waals surface area (Å²) >= 11 is 0. The van der Waals surface area contributed by atoms with Crippen LogP contribution in [0.1, 0.15) is 72.6 Å². The van der Waals surface area contributed by atoms with E-state index in [2.05, 4.69) is 19.9 Å². The molecule has 0 aromatic rings. The molecule has 0 bridgehead atoms. The topological polar surface area (TPSA) is 107 Å². The molecule has 0 aromatic heterocycles. The lowest BCUT2D eigenvalue weighted by Gasteiger charge is -2.49. The molecule has 0 amide bonds. The van der Waals surface area contributed by atoms with Gasteiger partial charge < -0.3 is 14.6 Å². The average molecular weight is 485 g/mol. The van der Waals surface area contributed by atoms with E-state index in [9.17, 15) is 24.3 Å². The van der Waals surface area contributed by atoms with Gasteiger partial charge in [-0.2, -0.15) is 0 Å². The van der Waals surface area contributed by atoms with Crippen LogP contribution in [0.15, 0.2) is 34.9 Å². The quantitative estimate of drug-likeness (QED) is 0.433. The Morgan fingerprint density at radius 2 is 1.91 bits per heavy atom. The number of rotatable bonds is 7. The summed E-state index contributed by atoms with van der Waals surface area (Å²) < 4.78 is 10.2. The van der Waals surface area contributed by atoms with Gasteiger partial charge in [0.1, 0.15) is 6.61 Å². The first kappa shape index (κ1) is 25.5. The standard InChI is InChI=1S/C28H36O7/c1-5-24(32)35-25(16(2)29)26(33)34-15-23(31)22-9-8-20-19-7-6-17-14-18(30)10-12-27(17,3)21(19)11-13-28(20,22)4/h10,12,14,16,20,22,25,29H,5-9,11,13,15H2,1-4H3/t16?,20-,22+,25?,27-,28-/m0/s1. The molecule has 1 N–H and O–H groups in total. The van der Waals surface area contributed by atoms with Crippen molar-refractivity contribution in [2.45, 2.75) is 84.8 Å². The molecular weight excluding hydrogens is 448 g/mol. The molecule has 4 aliphatic carbocycles. The van der Waals surface area contributed by atoms with Gasteiger partial charge in [0.2, 0.25) is 6.10 Å². The zero-order valence-corrected chi connectivity index (χ0v) is 21.1. The van der Waals surface area contributed by atoms with E-state index in [0.717, 1.165) is 38.5 Å². The molecule has 0 saturated heterocycles. The van der Waals surface area contributed by atoms with Gasteiger partial charge in [-0.15, -0.1) is 0 Å². The maximum atomic E-state index is 13.2. The summed E-state index contributed by atoms with van der Waals surface area (Å²) in [7, 11) is 0. The zero-order chi connectivity index (χ0) is 25.5. The van der Waals surface area contributed by atoms with E-state index in [1.165, 1.54) is 23.6 Å². The molecule has 2 unspecified atom stereocenters. The molecule has 35 heavy (non-hydrogen) atoms. The predicted molar refractivity (Wildman–Crippen MR) is 128 cm³/mol. The molecule has 1 saturated carbocycles. The smallest absolute Gasteiger partial charge is 0.350 e. The highest BCUT2D eigenvalue weighted by Crippen LogP contribution is 2.63. The highest BCUT2D eigenvalue weighted by molar-refractivity contribution is 6.01. The highest BCUT2D eigenvalue weighted by atomic mass is 16.6. The van der Waals surface area contributed by atoms with Gasteiger partial charge >= 0.3 is 11.9 Å². The van der Waals surface area contributed by atoms with Crippen LogP contribution in [0.25, 0.3) is 0 Å². The number of carbonyl (C=O) groups excluding carboxylic acids is 4. The number of allylic oxidation sites excluding steroid dienone is 6. The Labute approximate surface area is 206 Å². The third kappa shape index (κ3) is 4.44. The van der Waals surface area contributed by atoms with E-state index in [-0.39, 0.29) is 41.3 Å². The molecule has 7 heteroatoms. The van der Waals surface area contributed by atoms with Gasteiger partial charge in [0.05, 0.1) is 6.10 Å². The number of ether oxygens (including phenoxy) is 2. The fraction of sp³-hybridized carbons (Fsp3) is 0.643. The molecule has 4 rings (SSSR count). The first-order chi connectivity index (χ1) is 16.5. The molecule has 1 fully saturated rings. The van der Waals surface area contributed by atoms with E-state index in [1.54, 1.807) is 19.1 Å². The van der Waals surface area contributed by atoms with Gasteiger partial charge in [0.15, 0.2) is 11.6 Å². The fourth-order valence-electron chi connectivity index (χ4n) is 6.88. The number of carbonyl (C=O) groups is 4. The van der Waals surface area contributed by atoms with E-state index < -0.39 is 24.1 Å². The number of hydrogen-bond acceptors (Lipinski definition) is 7. The van der Waals surface area contributed by atoms with E-state index >= 15 is 0 Å². The Morgan fingerprint density at radius 3 is 2.60 bits per heavy atom. The van der Waals surface area contributed by atoms with E-state index in [0.29, 0.717) is 5.92 Å². The lowest BCUT2D eigenvalue weighted by molar-refractivity contribution is -0.175. The number of aliphatic hydroxyl groups excluding tert-OH is 1. The van der Waals surface area contributed by atoms with Crippen molar-refractivity contribution in [1.82, 2.24) is 0 Å². The number of hydrogen-bond donors (Lipinski definition) is 1. The zero-order valence-electron chi connectivity index (χ0n) is 21.1. The Morgan fingerprint density at radius 1 is 1.17 bits per heavy atom. The summed E-state index contributed by atoms with van der Waals surface area (Å²) in [5, 5.41) is 9.83. The summed E-state index contributed by atoms with van der Waals surface area (Å²) in [4.78, 5) is 49.2. The minimum absolute atomic E-state index is 0.0607. The monoisotopic (exact) mass is 484 g/mol. The van der Waals surface area contributed by atoms with Crippen LogP contribution >= 0.6 is 0 Å². The van der Waals surface area contributed by atoms with Crippen LogP contribution < -0.4 is 0 Å². The number of esters is 2. The van der Waals surface area contributed by atoms with Crippen LogP contribution in [0.3, 0.4) is 0 Å². The van der Waals surface area contributed by atoms with Crippen molar-refractivity contribution in [2.24, 2.45) is 22.7 Å². The van der Waals surface area contributed by atoms with Crippen LogP contribution in [0.4, 0.5) is 0 Å². The summed E-state index contributed by atoms with van der Waals surface area (Å²) in [6, 6.07) is 0. The largest absolute Gasteiger partial charge is 0.455 e. The predicted octanol–water partition coefficient (Wildman–Crippen LogP) is 3.79. The second kappa shape index (κ2) is 9.49. The van der Waals surface area contributed by atoms with Crippen LogP contribution in [0.2, 0.25) is 0 Å². The Hall–Kier alpha value is -2.54. The summed E-state index contributed by atoms with van der Waals surface area (Å²) in [5.74, 6) is -1.49. The van der Waals surface area contributed by atoms with Crippen LogP contribution in [0.5, 0.6) is 0 Å². The van der Waals surface area contributed by atoms with Crippen molar-refractivity contribution in [3.05, 3.63) is 34.9 Å². The third-order valence-electron chi connectivity index (χ3n) is 8.88. The van der Waals surface area contributed by atoms with Crippen molar-refractivity contribution in [3.8, 4) is 0 Å². The normalized spacial score (nSPS) is 33.2. The number of aliphatic hydroxyl groups is 1. The lowest BCUT2D eigenvalue weighted by Crippen LogP contribution is -2.43. The molecule has 0 aromatic carbocycles. The lowest BCUT2D eigenvalue weighted by atomic mass is 9.54. The molecule has 0 heterocycles. The molecule has 0 aliphatic heterocycles. The highest BCUT2D eigenvalue weighted by Gasteiger charge is 2.55. The minimum Gasteiger partial charge on any atom is -0.455 e. The first-order valence-corrected chi connectivity index (χ1v) is 12.7. The van der Waals surface area contributed by atoms with Gasteiger partial charge in [-0.05, 0) is 75.9 Å². The number of ketones is 2. The molecule has 4 aliphatic rings. The van der Waals surface area contributed by atoms with E-state index in [1.807, 2.05) is 0 Å². The average Bonchev–Trinajstić information content (AvgIpc) is 3.18. The molecule has 0 radical (unpaired) electrons. The molecule has 7 nitrogen and oxygen atoms in total. The maximum Gasteiger partial charge on any atom is 0.350 e. The van der Waals surface area contributed by atoms with Gasteiger partial charge in [0.25, 0.3) is 0 Å². The fourth-order valence-corrected chi connectivity index (χ4v) is 6.88. The maximum absolute atomic E-state index is 13.2. The van der Waals surface area contributed by atoms with Crippen molar-refractivity contribution in [2.75, 3.05) is 6.61 Å². The Kier molecular flexibility index (Phi) is 6.93. The van der Waals surface area contributed by atoms with Crippen LogP contribution in [-0.2, 0) is 28.7 Å². The summed E-state index contributed by atoms with van der Waals surface area (Å²) in [5.41, 5.74) is 3.66. The summed E-state index contributed by atoms with van der Waals surface area (Å²) in [6.07, 6.45) is 8.14. The van der Waals surface area contributed by atoms with E-state index in [4.69, 9.17) is 9.47 Å². The van der Waals surface area contributed by atoms with Crippen LogP contribution in [0, 0.1) is 22.7 Å². The van der Waals surface area contributed by atoms with Crippen LogP contribution in [-0.4, -0.2) is 47.4 Å². The van der Waals surface area contributed by atoms with Crippen molar-refractivity contribution < 1.29 is 33.8 Å². The minimum atomic E-state index is -1.44. The summed E-state index contributed by atoms with van der Waals surface area (Å²) in [6.45, 7) is 6.94. The van der Waals surface area contributed by atoms with Crippen molar-refractivity contribution >= 4 is 23.5 Å². The van der Waals surface area contributed by atoms with Gasteiger partial charge in [-0.3, -0.25) is 14.4 Å². The third-order valence-corrected chi connectivity index (χ3v) is 8.88. The second-order valence-corrected chi connectivity index (χ2v) is 10.9. The second-order valence-electron chi connectivity index (χ2n) is 10.9. The Balaban J connectivity index is 1.47. The SMILES string of the molecule is CCC(=O)OC(C(=O)OCC(=O)[C@H]1CC[C@H]2C3=C(CC[C@]12C)[C@@]1(C)C=CC(=O)C=C1CC3)C(C)O. The van der Waals surface area contributed by atoms with Gasteiger partial charge in [-0.25, -0.2) is 4.79 Å². The number of fused-ring (bicyclic) bond motifs is 4. The van der Waals surface area contributed by atoms with Crippen molar-refractivity contribution in [1.29, 1.82) is 0 Å². The number of Topliss-reactive ketones (excluding diaryl/α,β-unsaturated/α-hetero) is 1. The Bertz CT molecular complexity index is 1030. The molecular formula is C28H36O7. The van der Waals surface area contributed by atoms with Gasteiger partial charge in [-0.1, -0.05) is 36.6 Å². The molecule has 6 atom stereocenters. The first-order valence-electron chi connectivity index (χ1n) is 12.7. The van der Waals surface area contributed by atoms with Crippen molar-refractivity contribution in [3.63, 3.8) is 0 Å². The molecule has 190 valence electrons. The molecule has 0 spiro atoms.